The van der Waals surface area contributed by atoms with E-state index in [0.717, 1.165) is 45.6 Å². The van der Waals surface area contributed by atoms with E-state index in [4.69, 9.17) is 14.2 Å². The number of morpholine rings is 1. The molecule has 2 heterocycles. The maximum absolute atomic E-state index is 13.5. The lowest BCUT2D eigenvalue weighted by Crippen LogP contribution is -3.13. The van der Waals surface area contributed by atoms with E-state index in [0.29, 0.717) is 17.2 Å². The highest BCUT2D eigenvalue weighted by Crippen LogP contribution is 2.41. The van der Waals surface area contributed by atoms with Crippen LogP contribution in [0.3, 0.4) is 0 Å². The molecule has 2 fully saturated rings. The maximum atomic E-state index is 13.5. The molecule has 0 aromatic heterocycles. The minimum absolute atomic E-state index is 0.106. The zero-order valence-corrected chi connectivity index (χ0v) is 17.1. The number of carbonyl (C=O) groups excluding carboxylic acids is 2. The Hall–Kier alpha value is -2.38. The van der Waals surface area contributed by atoms with Crippen LogP contribution in [0, 0.1) is 11.8 Å². The number of imide groups is 1. The average molecular weight is 401 g/mol. The van der Waals surface area contributed by atoms with Gasteiger partial charge in [-0.15, -0.1) is 0 Å². The number of hydrogen-bond acceptors (Lipinski definition) is 5. The van der Waals surface area contributed by atoms with Crippen LogP contribution in [0.5, 0.6) is 11.5 Å². The van der Waals surface area contributed by atoms with E-state index < -0.39 is 0 Å². The van der Waals surface area contributed by atoms with Gasteiger partial charge in [-0.1, -0.05) is 0 Å². The van der Waals surface area contributed by atoms with E-state index in [-0.39, 0.29) is 30.1 Å². The van der Waals surface area contributed by atoms with E-state index in [2.05, 4.69) is 6.08 Å². The van der Waals surface area contributed by atoms with Gasteiger partial charge < -0.3 is 19.1 Å². The minimum atomic E-state index is -0.319. The van der Waals surface area contributed by atoms with Gasteiger partial charge in [0.25, 0.3) is 0 Å². The predicted octanol–water partition coefficient (Wildman–Crippen LogP) is 1.18. The molecule has 1 N–H and O–H groups in total. The summed E-state index contributed by atoms with van der Waals surface area (Å²) in [6.07, 6.45) is 5.58. The first-order valence-electron chi connectivity index (χ1n) is 10.4. The molecule has 2 aliphatic heterocycles. The van der Waals surface area contributed by atoms with Crippen molar-refractivity contribution < 1.29 is 28.7 Å². The first-order chi connectivity index (χ1) is 14.1. The highest BCUT2D eigenvalue weighted by molar-refractivity contribution is 6.21. The van der Waals surface area contributed by atoms with E-state index in [9.17, 15) is 9.59 Å². The lowest BCUT2D eigenvalue weighted by Gasteiger charge is -2.34. The maximum Gasteiger partial charge on any atom is 0.238 e. The van der Waals surface area contributed by atoms with Gasteiger partial charge >= 0.3 is 0 Å². The Bertz CT molecular complexity index is 815. The van der Waals surface area contributed by atoms with E-state index >= 15 is 0 Å². The first kappa shape index (κ1) is 19.9. The molecular weight excluding hydrogens is 372 g/mol. The Balaban J connectivity index is 1.62. The number of amides is 2. The van der Waals surface area contributed by atoms with Crippen LogP contribution in [0.15, 0.2) is 30.0 Å². The minimum Gasteiger partial charge on any atom is -0.497 e. The third-order valence-corrected chi connectivity index (χ3v) is 6.28. The summed E-state index contributed by atoms with van der Waals surface area (Å²) < 4.78 is 16.2. The van der Waals surface area contributed by atoms with Crippen molar-refractivity contribution >= 4 is 17.5 Å². The van der Waals surface area contributed by atoms with Crippen molar-refractivity contribution in [2.45, 2.75) is 25.7 Å². The van der Waals surface area contributed by atoms with Crippen molar-refractivity contribution in [2.75, 3.05) is 45.4 Å². The third kappa shape index (κ3) is 3.76. The van der Waals surface area contributed by atoms with Gasteiger partial charge in [-0.05, 0) is 37.5 Å². The summed E-state index contributed by atoms with van der Waals surface area (Å²) in [5, 5.41) is 0. The molecule has 156 valence electrons. The zero-order valence-electron chi connectivity index (χ0n) is 17.1. The zero-order chi connectivity index (χ0) is 20.4. The van der Waals surface area contributed by atoms with Crippen molar-refractivity contribution in [3.63, 3.8) is 0 Å². The Labute approximate surface area is 171 Å². The number of methoxy groups -OCH3 is 2. The van der Waals surface area contributed by atoms with Gasteiger partial charge in [-0.2, -0.15) is 0 Å². The fourth-order valence-corrected chi connectivity index (χ4v) is 4.83. The number of ether oxygens (including phenoxy) is 3. The highest BCUT2D eigenvalue weighted by atomic mass is 16.5. The Morgan fingerprint density at radius 1 is 1.10 bits per heavy atom. The summed E-state index contributed by atoms with van der Waals surface area (Å²) in [7, 11) is 3.10. The summed E-state index contributed by atoms with van der Waals surface area (Å²) in [6.45, 7) is 3.32. The van der Waals surface area contributed by atoms with E-state index in [1.807, 2.05) is 0 Å². The monoisotopic (exact) mass is 401 g/mol. The first-order valence-corrected chi connectivity index (χ1v) is 10.4. The standard InChI is InChI=1S/C22H28N2O5/c1-27-15-7-8-20(28-2)19(13-15)24-21(25)14-17(22(24)26)16-5-3-4-6-18(16)23-9-11-29-12-10-23/h6-8,13,16-17H,3-5,9-12,14H2,1-2H3/p+1/t16-,17+/m0/s1. The molecule has 2 atom stereocenters. The molecule has 2 saturated heterocycles. The van der Waals surface area contributed by atoms with Crippen LogP contribution in [0.25, 0.3) is 0 Å². The molecule has 0 bridgehead atoms. The second-order valence-corrected chi connectivity index (χ2v) is 7.83. The molecule has 0 unspecified atom stereocenters. The smallest absolute Gasteiger partial charge is 0.238 e. The molecule has 0 saturated carbocycles. The quantitative estimate of drug-likeness (QED) is 0.751. The van der Waals surface area contributed by atoms with Crippen molar-refractivity contribution in [1.82, 2.24) is 0 Å². The molecule has 7 heteroatoms. The van der Waals surface area contributed by atoms with Crippen molar-refractivity contribution in [3.8, 4) is 11.5 Å². The second-order valence-electron chi connectivity index (χ2n) is 7.83. The normalized spacial score (nSPS) is 25.9. The number of nitrogens with zero attached hydrogens (tertiary/aromatic N) is 1. The van der Waals surface area contributed by atoms with E-state index in [1.165, 1.54) is 22.6 Å². The van der Waals surface area contributed by atoms with Gasteiger partial charge in [0, 0.05) is 18.4 Å². The van der Waals surface area contributed by atoms with Crippen LogP contribution in [-0.4, -0.2) is 52.3 Å². The van der Waals surface area contributed by atoms with Gasteiger partial charge in [0.15, 0.2) is 0 Å². The van der Waals surface area contributed by atoms with Crippen LogP contribution < -0.4 is 19.3 Å². The highest BCUT2D eigenvalue weighted by Gasteiger charge is 2.48. The number of benzene rings is 1. The molecular formula is C22H29N2O5+. The summed E-state index contributed by atoms with van der Waals surface area (Å²) >= 11 is 0. The van der Waals surface area contributed by atoms with Gasteiger partial charge in [-0.3, -0.25) is 9.59 Å². The Morgan fingerprint density at radius 3 is 2.62 bits per heavy atom. The number of allylic oxidation sites excluding steroid dienone is 2. The summed E-state index contributed by atoms with van der Waals surface area (Å²) in [5.74, 6) is 0.558. The Kier molecular flexibility index (Phi) is 5.87. The van der Waals surface area contributed by atoms with Crippen LogP contribution in [0.2, 0.25) is 0 Å². The number of nitrogens with one attached hydrogen (secondary N) is 1. The van der Waals surface area contributed by atoms with Gasteiger partial charge in [0.05, 0.1) is 39.0 Å². The van der Waals surface area contributed by atoms with Gasteiger partial charge in [0.2, 0.25) is 11.8 Å². The lowest BCUT2D eigenvalue weighted by molar-refractivity contribution is -0.874. The molecule has 1 aromatic rings. The number of carbonyl (C=O) groups is 2. The molecule has 7 nitrogen and oxygen atoms in total. The van der Waals surface area contributed by atoms with Gasteiger partial charge in [-0.25, -0.2) is 4.90 Å². The molecule has 2 amide bonds. The summed E-state index contributed by atoms with van der Waals surface area (Å²) in [6, 6.07) is 5.18. The second kappa shape index (κ2) is 8.55. The van der Waals surface area contributed by atoms with Crippen molar-refractivity contribution in [2.24, 2.45) is 11.8 Å². The molecule has 0 spiro atoms. The topological polar surface area (TPSA) is 69.5 Å². The number of quaternary nitrogens is 1. The lowest BCUT2D eigenvalue weighted by atomic mass is 9.80. The average Bonchev–Trinajstić information content (AvgIpc) is 3.07. The Morgan fingerprint density at radius 2 is 1.90 bits per heavy atom. The van der Waals surface area contributed by atoms with Crippen LogP contribution in [0.1, 0.15) is 25.7 Å². The van der Waals surface area contributed by atoms with Crippen LogP contribution in [0.4, 0.5) is 5.69 Å². The molecule has 1 aliphatic carbocycles. The van der Waals surface area contributed by atoms with Crippen molar-refractivity contribution in [3.05, 3.63) is 30.0 Å². The molecule has 3 aliphatic rings. The van der Waals surface area contributed by atoms with Crippen LogP contribution in [-0.2, 0) is 14.3 Å². The summed E-state index contributed by atoms with van der Waals surface area (Å²) in [5.41, 5.74) is 1.76. The van der Waals surface area contributed by atoms with Crippen molar-refractivity contribution in [1.29, 1.82) is 0 Å². The summed E-state index contributed by atoms with van der Waals surface area (Å²) in [4.78, 5) is 29.1. The molecule has 1 aromatic carbocycles. The van der Waals surface area contributed by atoms with Crippen LogP contribution >= 0.6 is 0 Å². The SMILES string of the molecule is COc1ccc(OC)c(N2C(=O)C[C@H]([C@@H]3CCCC=C3[NH+]3CCOCC3)C2=O)c1. The number of hydrogen-bond donors (Lipinski definition) is 1. The van der Waals surface area contributed by atoms with Gasteiger partial charge in [0.1, 0.15) is 30.3 Å². The fraction of sp³-hybridized carbons (Fsp3) is 0.545. The number of rotatable bonds is 5. The van der Waals surface area contributed by atoms with E-state index in [1.54, 1.807) is 25.3 Å². The fourth-order valence-electron chi connectivity index (χ4n) is 4.83. The number of anilines is 1. The predicted molar refractivity (Wildman–Crippen MR) is 107 cm³/mol. The largest absolute Gasteiger partial charge is 0.497 e. The molecule has 4 rings (SSSR count). The molecule has 29 heavy (non-hydrogen) atoms. The molecule has 0 radical (unpaired) electrons. The third-order valence-electron chi connectivity index (χ3n) is 6.28.